The van der Waals surface area contributed by atoms with Crippen LogP contribution in [0.25, 0.3) is 0 Å². The minimum Gasteiger partial charge on any atom is -0.417 e. The maximum atomic E-state index is 6.41. The third-order valence-electron chi connectivity index (χ3n) is 5.45. The first-order valence-corrected chi connectivity index (χ1v) is 10.5. The topological polar surface area (TPSA) is 9.23 Å². The second kappa shape index (κ2) is 5.13. The predicted octanol–water partition coefficient (Wildman–Crippen LogP) is 5.00. The van der Waals surface area contributed by atoms with Crippen LogP contribution < -0.4 is 0 Å². The zero-order valence-electron chi connectivity index (χ0n) is 12.8. The van der Waals surface area contributed by atoms with Gasteiger partial charge in [0.1, 0.15) is 0 Å². The summed E-state index contributed by atoms with van der Waals surface area (Å²) < 4.78 is 6.41. The molecule has 0 saturated heterocycles. The summed E-state index contributed by atoms with van der Waals surface area (Å²) in [6, 6.07) is 0. The van der Waals surface area contributed by atoms with Gasteiger partial charge in [0.15, 0.2) is 8.32 Å². The zero-order chi connectivity index (χ0) is 13.4. The van der Waals surface area contributed by atoms with E-state index in [0.717, 1.165) is 24.4 Å². The number of allylic oxidation sites excluding steroid dienone is 2. The molecule has 1 nitrogen and oxygen atoms in total. The average molecular weight is 267 g/mol. The highest BCUT2D eigenvalue weighted by Crippen LogP contribution is 2.53. The molecule has 104 valence electrons. The minimum absolute atomic E-state index is 0.350. The first-order valence-electron chi connectivity index (χ1n) is 7.62. The van der Waals surface area contributed by atoms with Crippen LogP contribution in [0.4, 0.5) is 0 Å². The van der Waals surface area contributed by atoms with Crippen molar-refractivity contribution in [3.05, 3.63) is 12.2 Å². The van der Waals surface area contributed by atoms with Gasteiger partial charge in [-0.25, -0.2) is 0 Å². The van der Waals surface area contributed by atoms with Crippen molar-refractivity contribution in [3.8, 4) is 0 Å². The molecular weight excluding hydrogens is 236 g/mol. The number of fused-ring (bicyclic) bond motifs is 1. The average Bonchev–Trinajstić information content (AvgIpc) is 2.84. The Balaban J connectivity index is 1.82. The monoisotopic (exact) mass is 266 g/mol. The number of hydrogen-bond donors (Lipinski definition) is 0. The molecule has 18 heavy (non-hydrogen) atoms. The van der Waals surface area contributed by atoms with Gasteiger partial charge in [-0.2, -0.15) is 0 Å². The van der Waals surface area contributed by atoms with Gasteiger partial charge >= 0.3 is 0 Å². The van der Waals surface area contributed by atoms with Gasteiger partial charge in [-0.05, 0) is 61.6 Å². The van der Waals surface area contributed by atoms with Crippen molar-refractivity contribution in [2.45, 2.75) is 64.6 Å². The Morgan fingerprint density at radius 3 is 2.00 bits per heavy atom. The van der Waals surface area contributed by atoms with E-state index in [1.165, 1.54) is 25.7 Å². The van der Waals surface area contributed by atoms with Gasteiger partial charge in [0.2, 0.25) is 0 Å². The summed E-state index contributed by atoms with van der Waals surface area (Å²) in [6.07, 6.45) is 10.1. The molecule has 0 radical (unpaired) electrons. The molecule has 1 saturated carbocycles. The van der Waals surface area contributed by atoms with Crippen molar-refractivity contribution in [2.24, 2.45) is 17.8 Å². The summed E-state index contributed by atoms with van der Waals surface area (Å²) in [6.45, 7) is 12.8. The Kier molecular flexibility index (Phi) is 4.08. The van der Waals surface area contributed by atoms with Crippen LogP contribution in [0, 0.1) is 17.8 Å². The van der Waals surface area contributed by atoms with E-state index in [2.05, 4.69) is 46.0 Å². The quantitative estimate of drug-likeness (QED) is 0.516. The van der Waals surface area contributed by atoms with Gasteiger partial charge in [0.05, 0.1) is 0 Å². The van der Waals surface area contributed by atoms with Crippen LogP contribution >= 0.6 is 0 Å². The second-order valence-corrected chi connectivity index (χ2v) is 12.5. The van der Waals surface area contributed by atoms with Crippen molar-refractivity contribution in [1.82, 2.24) is 0 Å². The van der Waals surface area contributed by atoms with Crippen LogP contribution in [0.2, 0.25) is 18.1 Å². The first-order chi connectivity index (χ1) is 8.33. The molecule has 0 N–H and O–H groups in total. The van der Waals surface area contributed by atoms with E-state index in [-0.39, 0.29) is 0 Å². The Hall–Kier alpha value is -0.0831. The van der Waals surface area contributed by atoms with E-state index in [0.29, 0.717) is 5.04 Å². The van der Waals surface area contributed by atoms with E-state index in [9.17, 15) is 0 Å². The maximum absolute atomic E-state index is 6.41. The van der Waals surface area contributed by atoms with Crippen LogP contribution in [0.5, 0.6) is 0 Å². The van der Waals surface area contributed by atoms with Crippen molar-refractivity contribution >= 4 is 8.32 Å². The van der Waals surface area contributed by atoms with E-state index < -0.39 is 8.32 Å². The van der Waals surface area contributed by atoms with Crippen molar-refractivity contribution in [1.29, 1.82) is 0 Å². The molecule has 1 unspecified atom stereocenters. The van der Waals surface area contributed by atoms with Crippen molar-refractivity contribution in [2.75, 3.05) is 6.61 Å². The van der Waals surface area contributed by atoms with E-state index in [4.69, 9.17) is 4.43 Å². The summed E-state index contributed by atoms with van der Waals surface area (Å²) in [7, 11) is -1.53. The van der Waals surface area contributed by atoms with Gasteiger partial charge in [0, 0.05) is 6.61 Å². The minimum atomic E-state index is -1.53. The smallest absolute Gasteiger partial charge is 0.191 e. The molecule has 2 aliphatic rings. The molecule has 0 heterocycles. The van der Waals surface area contributed by atoms with Gasteiger partial charge in [-0.15, -0.1) is 0 Å². The second-order valence-electron chi connectivity index (χ2n) is 7.69. The summed E-state index contributed by atoms with van der Waals surface area (Å²) in [5.74, 6) is 2.82. The molecule has 1 fully saturated rings. The van der Waals surface area contributed by atoms with Crippen molar-refractivity contribution in [3.63, 3.8) is 0 Å². The molecule has 2 rings (SSSR count). The summed E-state index contributed by atoms with van der Waals surface area (Å²) >= 11 is 0. The molecule has 0 aromatic heterocycles. The predicted molar refractivity (Wildman–Crippen MR) is 81.2 cm³/mol. The first kappa shape index (κ1) is 14.3. The number of rotatable bonds is 3. The standard InChI is InChI=1S/C16H30OSi/c1-16(2,3)18(4,5)17-12-15-13-10-8-6-7-9-11-14(13)15/h6-7,13-15H,8-12H2,1-5H3/b7-6+/t13-,14+,15?. The Bertz CT molecular complexity index is 298. The van der Waals surface area contributed by atoms with Gasteiger partial charge in [-0.3, -0.25) is 0 Å². The third kappa shape index (κ3) is 3.08. The lowest BCUT2D eigenvalue weighted by molar-refractivity contribution is 0.259. The normalized spacial score (nSPS) is 34.4. The van der Waals surface area contributed by atoms with Crippen LogP contribution in [0.15, 0.2) is 12.2 Å². The molecule has 0 amide bonds. The van der Waals surface area contributed by atoms with Gasteiger partial charge in [0.25, 0.3) is 0 Å². The van der Waals surface area contributed by atoms with Crippen LogP contribution in [0.3, 0.4) is 0 Å². The largest absolute Gasteiger partial charge is 0.417 e. The highest BCUT2D eigenvalue weighted by Gasteiger charge is 2.49. The fourth-order valence-electron chi connectivity index (χ4n) is 2.96. The fourth-order valence-corrected chi connectivity index (χ4v) is 4.00. The van der Waals surface area contributed by atoms with Crippen LogP contribution in [-0.2, 0) is 4.43 Å². The molecule has 3 atom stereocenters. The molecule has 0 aromatic rings. The molecule has 2 aliphatic carbocycles. The van der Waals surface area contributed by atoms with E-state index in [1.807, 2.05) is 0 Å². The Labute approximate surface area is 114 Å². The van der Waals surface area contributed by atoms with Crippen LogP contribution in [-0.4, -0.2) is 14.9 Å². The van der Waals surface area contributed by atoms with Gasteiger partial charge < -0.3 is 4.43 Å². The fraction of sp³-hybridized carbons (Fsp3) is 0.875. The summed E-state index contributed by atoms with van der Waals surface area (Å²) in [4.78, 5) is 0. The van der Waals surface area contributed by atoms with Crippen molar-refractivity contribution < 1.29 is 4.43 Å². The third-order valence-corrected chi connectivity index (χ3v) is 9.95. The van der Waals surface area contributed by atoms with Crippen LogP contribution in [0.1, 0.15) is 46.5 Å². The summed E-state index contributed by atoms with van der Waals surface area (Å²) in [5, 5.41) is 0.350. The summed E-state index contributed by atoms with van der Waals surface area (Å²) in [5.41, 5.74) is 0. The molecule has 2 heteroatoms. The molecular formula is C16H30OSi. The van der Waals surface area contributed by atoms with Gasteiger partial charge in [-0.1, -0.05) is 32.9 Å². The lowest BCUT2D eigenvalue weighted by Gasteiger charge is -2.36. The lowest BCUT2D eigenvalue weighted by Crippen LogP contribution is -2.41. The Morgan fingerprint density at radius 2 is 1.56 bits per heavy atom. The highest BCUT2D eigenvalue weighted by atomic mass is 28.4. The lowest BCUT2D eigenvalue weighted by atomic mass is 10.1. The molecule has 0 spiro atoms. The molecule has 0 aromatic carbocycles. The van der Waals surface area contributed by atoms with E-state index in [1.54, 1.807) is 0 Å². The maximum Gasteiger partial charge on any atom is 0.191 e. The highest BCUT2D eigenvalue weighted by molar-refractivity contribution is 6.74. The Morgan fingerprint density at radius 1 is 1.06 bits per heavy atom. The molecule has 0 aliphatic heterocycles. The zero-order valence-corrected chi connectivity index (χ0v) is 13.8. The van der Waals surface area contributed by atoms with E-state index >= 15 is 0 Å². The molecule has 0 bridgehead atoms. The SMILES string of the molecule is CC(C)(C)[Si](C)(C)OCC1[C@H]2CC/C=C/CC[C@@H]12. The number of hydrogen-bond acceptors (Lipinski definition) is 1.